The average molecular weight is 343 g/mol. The molecule has 0 bridgehead atoms. The quantitative estimate of drug-likeness (QED) is 0.522. The third-order valence-corrected chi connectivity index (χ3v) is 4.53. The van der Waals surface area contributed by atoms with Gasteiger partial charge in [0.2, 0.25) is 0 Å². The van der Waals surface area contributed by atoms with Crippen molar-refractivity contribution in [2.24, 2.45) is 0 Å². The van der Waals surface area contributed by atoms with Gasteiger partial charge in [-0.1, -0.05) is 6.07 Å². The molecule has 0 aliphatic carbocycles. The average Bonchev–Trinajstić information content (AvgIpc) is 3.21. The van der Waals surface area contributed by atoms with E-state index >= 15 is 0 Å². The summed E-state index contributed by atoms with van der Waals surface area (Å²) in [4.78, 5) is 24.6. The summed E-state index contributed by atoms with van der Waals surface area (Å²) in [6, 6.07) is 5.66. The molecule has 0 aliphatic rings. The highest BCUT2D eigenvalue weighted by Crippen LogP contribution is 2.21. The molecule has 0 amide bonds. The number of esters is 1. The molecule has 23 heavy (non-hydrogen) atoms. The van der Waals surface area contributed by atoms with Crippen LogP contribution in [0.5, 0.6) is 0 Å². The summed E-state index contributed by atoms with van der Waals surface area (Å²) in [6.45, 7) is 2.06. The van der Waals surface area contributed by atoms with Crippen molar-refractivity contribution in [3.63, 3.8) is 0 Å². The first-order valence-corrected chi connectivity index (χ1v) is 8.59. The van der Waals surface area contributed by atoms with Crippen molar-refractivity contribution < 1.29 is 9.53 Å². The van der Waals surface area contributed by atoms with Gasteiger partial charge in [0.05, 0.1) is 22.1 Å². The van der Waals surface area contributed by atoms with Crippen molar-refractivity contribution in [1.82, 2.24) is 15.0 Å². The van der Waals surface area contributed by atoms with Crippen LogP contribution in [0.4, 0.5) is 0 Å². The van der Waals surface area contributed by atoms with Crippen molar-refractivity contribution in [3.05, 3.63) is 57.6 Å². The Bertz CT molecular complexity index is 825. The second-order valence-corrected chi connectivity index (χ2v) is 6.51. The van der Waals surface area contributed by atoms with E-state index in [1.54, 1.807) is 12.3 Å². The number of hydrogen-bond donors (Lipinski definition) is 0. The first-order chi connectivity index (χ1) is 11.2. The molecule has 0 saturated heterocycles. The summed E-state index contributed by atoms with van der Waals surface area (Å²) in [5.74, 6) is -0.414. The Hall–Kier alpha value is -2.38. The van der Waals surface area contributed by atoms with Crippen LogP contribution in [0.1, 0.15) is 16.4 Å². The van der Waals surface area contributed by atoms with Crippen LogP contribution in [0.25, 0.3) is 16.8 Å². The van der Waals surface area contributed by atoms with E-state index in [4.69, 9.17) is 4.74 Å². The molecule has 0 radical (unpaired) electrons. The van der Waals surface area contributed by atoms with Crippen LogP contribution in [0.2, 0.25) is 0 Å². The molecule has 0 aliphatic heterocycles. The lowest BCUT2D eigenvalue weighted by Crippen LogP contribution is -2.01. The van der Waals surface area contributed by atoms with E-state index in [0.29, 0.717) is 5.69 Å². The number of aryl methyl sites for hydroxylation is 1. The topological polar surface area (TPSA) is 65.0 Å². The van der Waals surface area contributed by atoms with E-state index in [-0.39, 0.29) is 6.61 Å². The molecule has 3 heterocycles. The SMILES string of the molecule is Cc1nc(C=CC(=O)OCc2csc(-c3ccccn3)n2)cs1. The van der Waals surface area contributed by atoms with Crippen molar-refractivity contribution in [2.75, 3.05) is 0 Å². The van der Waals surface area contributed by atoms with Crippen molar-refractivity contribution in [3.8, 4) is 10.7 Å². The molecule has 3 aromatic heterocycles. The fourth-order valence-electron chi connectivity index (χ4n) is 1.78. The van der Waals surface area contributed by atoms with E-state index in [2.05, 4.69) is 15.0 Å². The third-order valence-electron chi connectivity index (χ3n) is 2.83. The number of ether oxygens (including phenoxy) is 1. The van der Waals surface area contributed by atoms with Crippen LogP contribution in [0.15, 0.2) is 41.2 Å². The Morgan fingerprint density at radius 2 is 2.17 bits per heavy atom. The van der Waals surface area contributed by atoms with Crippen molar-refractivity contribution in [2.45, 2.75) is 13.5 Å². The normalized spacial score (nSPS) is 11.0. The summed E-state index contributed by atoms with van der Waals surface area (Å²) in [7, 11) is 0. The standard InChI is InChI=1S/C16H13N3O2S2/c1-11-18-12(9-22-11)5-6-15(20)21-8-13-10-23-16(19-13)14-4-2-3-7-17-14/h2-7,9-10H,8H2,1H3. The van der Waals surface area contributed by atoms with Crippen LogP contribution < -0.4 is 0 Å². The first kappa shape index (κ1) is 15.5. The van der Waals surface area contributed by atoms with Gasteiger partial charge >= 0.3 is 5.97 Å². The maximum absolute atomic E-state index is 11.7. The van der Waals surface area contributed by atoms with E-state index < -0.39 is 5.97 Å². The minimum atomic E-state index is -0.414. The minimum Gasteiger partial charge on any atom is -0.456 e. The van der Waals surface area contributed by atoms with Gasteiger partial charge in [-0.15, -0.1) is 22.7 Å². The number of nitrogens with zero attached hydrogens (tertiary/aromatic N) is 3. The molecule has 0 N–H and O–H groups in total. The monoisotopic (exact) mass is 343 g/mol. The van der Waals surface area contributed by atoms with Crippen molar-refractivity contribution >= 4 is 34.7 Å². The Kier molecular flexibility index (Phi) is 4.89. The molecule has 7 heteroatoms. The van der Waals surface area contributed by atoms with E-state index in [1.165, 1.54) is 28.7 Å². The number of carbonyl (C=O) groups is 1. The molecule has 0 atom stereocenters. The highest BCUT2D eigenvalue weighted by Gasteiger charge is 2.07. The fraction of sp³-hybridized carbons (Fsp3) is 0.125. The van der Waals surface area contributed by atoms with Gasteiger partial charge in [-0.25, -0.2) is 14.8 Å². The summed E-state index contributed by atoms with van der Waals surface area (Å²) < 4.78 is 5.18. The maximum Gasteiger partial charge on any atom is 0.331 e. The van der Waals surface area contributed by atoms with Gasteiger partial charge in [-0.2, -0.15) is 0 Å². The van der Waals surface area contributed by atoms with Gasteiger partial charge in [0.1, 0.15) is 11.6 Å². The maximum atomic E-state index is 11.7. The number of thiazole rings is 2. The Balaban J connectivity index is 1.55. The van der Waals surface area contributed by atoms with Crippen LogP contribution in [-0.2, 0) is 16.1 Å². The van der Waals surface area contributed by atoms with Crippen LogP contribution in [0, 0.1) is 6.92 Å². The Morgan fingerprint density at radius 1 is 1.26 bits per heavy atom. The minimum absolute atomic E-state index is 0.141. The second kappa shape index (κ2) is 7.26. The molecule has 0 saturated carbocycles. The van der Waals surface area contributed by atoms with Crippen LogP contribution in [-0.4, -0.2) is 20.9 Å². The third kappa shape index (κ3) is 4.30. The zero-order valence-electron chi connectivity index (χ0n) is 12.3. The first-order valence-electron chi connectivity index (χ1n) is 6.83. The fourth-order valence-corrected chi connectivity index (χ4v) is 3.14. The molecule has 0 aromatic carbocycles. The molecular weight excluding hydrogens is 330 g/mol. The number of aromatic nitrogens is 3. The Labute approximate surface area is 141 Å². The molecule has 0 spiro atoms. The highest BCUT2D eigenvalue weighted by atomic mass is 32.1. The lowest BCUT2D eigenvalue weighted by atomic mass is 10.4. The molecule has 3 aromatic rings. The largest absolute Gasteiger partial charge is 0.456 e. The number of carbonyl (C=O) groups excluding carboxylic acids is 1. The zero-order chi connectivity index (χ0) is 16.1. The lowest BCUT2D eigenvalue weighted by Gasteiger charge is -1.98. The number of rotatable bonds is 5. The van der Waals surface area contributed by atoms with Gasteiger partial charge in [0, 0.05) is 23.0 Å². The molecule has 3 rings (SSSR count). The summed E-state index contributed by atoms with van der Waals surface area (Å²) in [5, 5.41) is 5.52. The summed E-state index contributed by atoms with van der Waals surface area (Å²) >= 11 is 3.01. The van der Waals surface area contributed by atoms with E-state index in [0.717, 1.165) is 21.4 Å². The van der Waals surface area contributed by atoms with Crippen molar-refractivity contribution in [1.29, 1.82) is 0 Å². The van der Waals surface area contributed by atoms with Gasteiger partial charge in [-0.3, -0.25) is 4.98 Å². The smallest absolute Gasteiger partial charge is 0.331 e. The highest BCUT2D eigenvalue weighted by molar-refractivity contribution is 7.13. The van der Waals surface area contributed by atoms with Crippen LogP contribution >= 0.6 is 22.7 Å². The van der Waals surface area contributed by atoms with Gasteiger partial charge in [0.15, 0.2) is 0 Å². The van der Waals surface area contributed by atoms with Gasteiger partial charge in [0.25, 0.3) is 0 Å². The molecule has 5 nitrogen and oxygen atoms in total. The number of hydrogen-bond acceptors (Lipinski definition) is 7. The zero-order valence-corrected chi connectivity index (χ0v) is 13.9. The summed E-state index contributed by atoms with van der Waals surface area (Å²) in [5.41, 5.74) is 2.28. The second-order valence-electron chi connectivity index (χ2n) is 4.59. The molecule has 0 unspecified atom stereocenters. The van der Waals surface area contributed by atoms with E-state index in [9.17, 15) is 4.79 Å². The molecule has 0 fully saturated rings. The van der Waals surface area contributed by atoms with Gasteiger partial charge < -0.3 is 4.74 Å². The Morgan fingerprint density at radius 3 is 2.91 bits per heavy atom. The lowest BCUT2D eigenvalue weighted by molar-refractivity contribution is -0.139. The predicted molar refractivity (Wildman–Crippen MR) is 91.0 cm³/mol. The van der Waals surface area contributed by atoms with Gasteiger partial charge in [-0.05, 0) is 25.1 Å². The summed E-state index contributed by atoms with van der Waals surface area (Å²) in [6.07, 6.45) is 4.74. The predicted octanol–water partition coefficient (Wildman–Crippen LogP) is 3.73. The van der Waals surface area contributed by atoms with E-state index in [1.807, 2.05) is 35.9 Å². The molecule has 116 valence electrons. The van der Waals surface area contributed by atoms with Crippen LogP contribution in [0.3, 0.4) is 0 Å². The number of pyridine rings is 1. The molecular formula is C16H13N3O2S2.